The number of hydrogen-bond acceptors (Lipinski definition) is 1. The highest BCUT2D eigenvalue weighted by molar-refractivity contribution is 5.14. The maximum Gasteiger partial charge on any atom is -0.00136 e. The fourth-order valence-electron chi connectivity index (χ4n) is 2.53. The molecule has 17 heavy (non-hydrogen) atoms. The van der Waals surface area contributed by atoms with Crippen LogP contribution in [0.3, 0.4) is 0 Å². The van der Waals surface area contributed by atoms with Gasteiger partial charge in [-0.2, -0.15) is 0 Å². The molecule has 1 nitrogen and oxygen atoms in total. The molecule has 1 aliphatic heterocycles. The number of benzene rings is 1. The molecule has 1 saturated heterocycles. The first-order chi connectivity index (χ1) is 8.16. The van der Waals surface area contributed by atoms with Crippen LogP contribution in [0.1, 0.15) is 38.7 Å². The molecule has 0 bridgehead atoms. The standard InChI is InChI=1S/C16H25N/c1-16(2)10-13-17(14-11-16)12-6-9-15-7-4-3-5-8-15/h3-5,7-8H,6,9-14H2,1-2H3. The molecule has 0 aliphatic carbocycles. The molecule has 1 aromatic carbocycles. The summed E-state index contributed by atoms with van der Waals surface area (Å²) < 4.78 is 0. The van der Waals surface area contributed by atoms with Crippen molar-refractivity contribution >= 4 is 0 Å². The smallest absolute Gasteiger partial charge is 0.00136 e. The van der Waals surface area contributed by atoms with E-state index < -0.39 is 0 Å². The van der Waals surface area contributed by atoms with E-state index in [9.17, 15) is 0 Å². The third-order valence-corrected chi connectivity index (χ3v) is 3.99. The molecule has 1 heterocycles. The zero-order valence-corrected chi connectivity index (χ0v) is 11.3. The zero-order valence-electron chi connectivity index (χ0n) is 11.3. The summed E-state index contributed by atoms with van der Waals surface area (Å²) in [7, 11) is 0. The first-order valence-corrected chi connectivity index (χ1v) is 6.92. The van der Waals surface area contributed by atoms with Gasteiger partial charge in [0.05, 0.1) is 0 Å². The van der Waals surface area contributed by atoms with E-state index in [2.05, 4.69) is 49.1 Å². The Bertz CT molecular complexity index is 319. The molecule has 1 heteroatoms. The second kappa shape index (κ2) is 5.68. The second-order valence-corrected chi connectivity index (χ2v) is 6.10. The fourth-order valence-corrected chi connectivity index (χ4v) is 2.53. The van der Waals surface area contributed by atoms with Crippen LogP contribution in [0, 0.1) is 5.41 Å². The van der Waals surface area contributed by atoms with Gasteiger partial charge < -0.3 is 4.90 Å². The predicted molar refractivity (Wildman–Crippen MR) is 74.2 cm³/mol. The quantitative estimate of drug-likeness (QED) is 0.763. The molecule has 0 spiro atoms. The fraction of sp³-hybridized carbons (Fsp3) is 0.625. The van der Waals surface area contributed by atoms with E-state index in [1.807, 2.05) is 0 Å². The molecule has 0 radical (unpaired) electrons. The monoisotopic (exact) mass is 231 g/mol. The highest BCUT2D eigenvalue weighted by Gasteiger charge is 2.24. The molecular formula is C16H25N. The number of piperidine rings is 1. The average molecular weight is 231 g/mol. The van der Waals surface area contributed by atoms with Crippen molar-refractivity contribution in [2.24, 2.45) is 5.41 Å². The summed E-state index contributed by atoms with van der Waals surface area (Å²) >= 11 is 0. The third kappa shape index (κ3) is 4.16. The van der Waals surface area contributed by atoms with Gasteiger partial charge in [-0.1, -0.05) is 44.2 Å². The van der Waals surface area contributed by atoms with E-state index in [0.29, 0.717) is 5.41 Å². The third-order valence-electron chi connectivity index (χ3n) is 3.99. The maximum absolute atomic E-state index is 2.63. The summed E-state index contributed by atoms with van der Waals surface area (Å²) in [6.07, 6.45) is 5.24. The lowest BCUT2D eigenvalue weighted by Crippen LogP contribution is -2.37. The Balaban J connectivity index is 1.67. The summed E-state index contributed by atoms with van der Waals surface area (Å²) in [6, 6.07) is 10.8. The molecule has 1 aromatic rings. The molecule has 0 atom stereocenters. The molecule has 0 N–H and O–H groups in total. The van der Waals surface area contributed by atoms with Gasteiger partial charge in [-0.05, 0) is 56.3 Å². The lowest BCUT2D eigenvalue weighted by molar-refractivity contribution is 0.132. The van der Waals surface area contributed by atoms with Crippen LogP contribution in [0.2, 0.25) is 0 Å². The normalized spacial score (nSPS) is 20.4. The Morgan fingerprint density at radius 1 is 1.06 bits per heavy atom. The Morgan fingerprint density at radius 2 is 1.71 bits per heavy atom. The molecule has 2 rings (SSSR count). The van der Waals surface area contributed by atoms with Gasteiger partial charge in [0.1, 0.15) is 0 Å². The van der Waals surface area contributed by atoms with Crippen LogP contribution in [0.4, 0.5) is 0 Å². The molecule has 0 aromatic heterocycles. The zero-order chi connectivity index (χ0) is 12.1. The van der Waals surface area contributed by atoms with Crippen LogP contribution in [-0.2, 0) is 6.42 Å². The Kier molecular flexibility index (Phi) is 4.22. The van der Waals surface area contributed by atoms with Gasteiger partial charge in [0.25, 0.3) is 0 Å². The summed E-state index contributed by atoms with van der Waals surface area (Å²) in [5.74, 6) is 0. The number of hydrogen-bond donors (Lipinski definition) is 0. The summed E-state index contributed by atoms with van der Waals surface area (Å²) in [5.41, 5.74) is 2.06. The van der Waals surface area contributed by atoms with Crippen molar-refractivity contribution in [3.8, 4) is 0 Å². The van der Waals surface area contributed by atoms with Crippen molar-refractivity contribution in [1.82, 2.24) is 4.90 Å². The largest absolute Gasteiger partial charge is 0.303 e. The molecule has 1 fully saturated rings. The first-order valence-electron chi connectivity index (χ1n) is 6.92. The minimum atomic E-state index is 0.579. The van der Waals surface area contributed by atoms with Crippen LogP contribution < -0.4 is 0 Å². The minimum Gasteiger partial charge on any atom is -0.303 e. The molecule has 1 aliphatic rings. The SMILES string of the molecule is CC1(C)CCN(CCCc2ccccc2)CC1. The van der Waals surface area contributed by atoms with Gasteiger partial charge in [0.15, 0.2) is 0 Å². The van der Waals surface area contributed by atoms with Crippen LogP contribution in [0.25, 0.3) is 0 Å². The topological polar surface area (TPSA) is 3.24 Å². The lowest BCUT2D eigenvalue weighted by Gasteiger charge is -2.36. The molecule has 0 unspecified atom stereocenters. The van der Waals surface area contributed by atoms with Crippen LogP contribution in [0.5, 0.6) is 0 Å². The van der Waals surface area contributed by atoms with Crippen molar-refractivity contribution in [2.45, 2.75) is 39.5 Å². The highest BCUT2D eigenvalue weighted by atomic mass is 15.1. The van der Waals surface area contributed by atoms with Gasteiger partial charge in [0, 0.05) is 0 Å². The van der Waals surface area contributed by atoms with E-state index in [-0.39, 0.29) is 0 Å². The van der Waals surface area contributed by atoms with Crippen molar-refractivity contribution in [3.63, 3.8) is 0 Å². The maximum atomic E-state index is 2.63. The minimum absolute atomic E-state index is 0.579. The molecule has 0 saturated carbocycles. The van der Waals surface area contributed by atoms with Crippen molar-refractivity contribution in [3.05, 3.63) is 35.9 Å². The van der Waals surface area contributed by atoms with Crippen molar-refractivity contribution in [1.29, 1.82) is 0 Å². The van der Waals surface area contributed by atoms with Crippen LogP contribution in [0.15, 0.2) is 30.3 Å². The number of aryl methyl sites for hydroxylation is 1. The number of nitrogens with zero attached hydrogens (tertiary/aromatic N) is 1. The molecule has 0 amide bonds. The van der Waals surface area contributed by atoms with Gasteiger partial charge in [-0.3, -0.25) is 0 Å². The first kappa shape index (κ1) is 12.6. The Labute approximate surface area is 106 Å². The number of likely N-dealkylation sites (tertiary alicyclic amines) is 1. The van der Waals surface area contributed by atoms with E-state index in [1.165, 1.54) is 50.9 Å². The Morgan fingerprint density at radius 3 is 2.35 bits per heavy atom. The molecule has 94 valence electrons. The van der Waals surface area contributed by atoms with Crippen molar-refractivity contribution in [2.75, 3.05) is 19.6 Å². The van der Waals surface area contributed by atoms with Gasteiger partial charge in [-0.15, -0.1) is 0 Å². The van der Waals surface area contributed by atoms with Crippen molar-refractivity contribution < 1.29 is 0 Å². The lowest BCUT2D eigenvalue weighted by atomic mass is 9.82. The predicted octanol–water partition coefficient (Wildman–Crippen LogP) is 3.74. The highest BCUT2D eigenvalue weighted by Crippen LogP contribution is 2.29. The number of rotatable bonds is 4. The average Bonchev–Trinajstić information content (AvgIpc) is 2.33. The van der Waals surface area contributed by atoms with Gasteiger partial charge in [0.2, 0.25) is 0 Å². The van der Waals surface area contributed by atoms with E-state index in [0.717, 1.165) is 0 Å². The Hall–Kier alpha value is -0.820. The summed E-state index contributed by atoms with van der Waals surface area (Å²) in [5, 5.41) is 0. The van der Waals surface area contributed by atoms with Crippen LogP contribution >= 0.6 is 0 Å². The van der Waals surface area contributed by atoms with Gasteiger partial charge >= 0.3 is 0 Å². The van der Waals surface area contributed by atoms with Gasteiger partial charge in [-0.25, -0.2) is 0 Å². The summed E-state index contributed by atoms with van der Waals surface area (Å²) in [4.78, 5) is 2.63. The van der Waals surface area contributed by atoms with E-state index in [1.54, 1.807) is 0 Å². The van der Waals surface area contributed by atoms with E-state index in [4.69, 9.17) is 0 Å². The van der Waals surface area contributed by atoms with E-state index >= 15 is 0 Å². The summed E-state index contributed by atoms with van der Waals surface area (Å²) in [6.45, 7) is 8.65. The second-order valence-electron chi connectivity index (χ2n) is 6.10. The molecular weight excluding hydrogens is 206 g/mol. The van der Waals surface area contributed by atoms with Crippen LogP contribution in [-0.4, -0.2) is 24.5 Å².